The summed E-state index contributed by atoms with van der Waals surface area (Å²) in [6, 6.07) is 14.2. The first kappa shape index (κ1) is 25.8. The molecule has 2 aromatic rings. The zero-order chi connectivity index (χ0) is 22.7. The van der Waals surface area contributed by atoms with Crippen LogP contribution in [0.2, 0.25) is 0 Å². The molecular formula is C23H29NO7. The molecule has 0 saturated carbocycles. The maximum absolute atomic E-state index is 10.5. The van der Waals surface area contributed by atoms with E-state index in [-0.39, 0.29) is 0 Å². The number of carbonyl (C=O) groups is 1. The molecule has 168 valence electrons. The van der Waals surface area contributed by atoms with Crippen LogP contribution in [0.4, 0.5) is 0 Å². The first-order valence-corrected chi connectivity index (χ1v) is 9.97. The van der Waals surface area contributed by atoms with Gasteiger partial charge in [-0.05, 0) is 43.7 Å². The van der Waals surface area contributed by atoms with Crippen molar-refractivity contribution in [2.75, 3.05) is 39.6 Å². The molecule has 0 aliphatic carbocycles. The van der Waals surface area contributed by atoms with Crippen molar-refractivity contribution in [3.8, 4) is 11.5 Å². The Morgan fingerprint density at radius 2 is 1.35 bits per heavy atom. The second-order valence-electron chi connectivity index (χ2n) is 5.95. The molecule has 0 fully saturated rings. The fraction of sp³-hybridized carbons (Fsp3) is 0.348. The van der Waals surface area contributed by atoms with Crippen molar-refractivity contribution in [3.05, 3.63) is 76.0 Å². The minimum Gasteiger partial charge on any atom is -0.491 e. The molecule has 0 unspecified atom stereocenters. The van der Waals surface area contributed by atoms with E-state index in [0.29, 0.717) is 56.7 Å². The summed E-state index contributed by atoms with van der Waals surface area (Å²) in [7, 11) is 0. The minimum atomic E-state index is -0.497. The van der Waals surface area contributed by atoms with Crippen LogP contribution in [-0.4, -0.2) is 50.9 Å². The van der Waals surface area contributed by atoms with Crippen molar-refractivity contribution in [1.29, 1.82) is 0 Å². The van der Waals surface area contributed by atoms with Gasteiger partial charge < -0.3 is 18.9 Å². The van der Waals surface area contributed by atoms with Crippen LogP contribution in [0.5, 0.6) is 11.5 Å². The molecule has 31 heavy (non-hydrogen) atoms. The zero-order valence-electron chi connectivity index (χ0n) is 17.9. The Labute approximate surface area is 182 Å². The zero-order valence-corrected chi connectivity index (χ0v) is 17.9. The average Bonchev–Trinajstić information content (AvgIpc) is 2.79. The van der Waals surface area contributed by atoms with Crippen LogP contribution in [0.15, 0.2) is 54.7 Å². The van der Waals surface area contributed by atoms with Crippen LogP contribution in [0.1, 0.15) is 29.8 Å². The molecule has 0 aliphatic heterocycles. The van der Waals surface area contributed by atoms with E-state index in [9.17, 15) is 14.9 Å². The highest BCUT2D eigenvalue weighted by Crippen LogP contribution is 2.14. The van der Waals surface area contributed by atoms with Gasteiger partial charge in [-0.1, -0.05) is 24.3 Å². The molecule has 0 radical (unpaired) electrons. The number of ether oxygens (including phenoxy) is 4. The minimum absolute atomic E-state index is 0.468. The molecule has 0 aliphatic rings. The SMILES string of the molecule is CCOCCOc1cccc(/C=C/[N+](=O)[O-])c1.CCOCCOc1cccc(C=O)c1. The second kappa shape index (κ2) is 16.6. The van der Waals surface area contributed by atoms with Gasteiger partial charge in [0.15, 0.2) is 0 Å². The van der Waals surface area contributed by atoms with Gasteiger partial charge in [0.05, 0.1) is 18.1 Å². The molecule has 0 atom stereocenters. The lowest BCUT2D eigenvalue weighted by molar-refractivity contribution is -0.400. The predicted molar refractivity (Wildman–Crippen MR) is 118 cm³/mol. The number of nitrogens with zero attached hydrogens (tertiary/aromatic N) is 1. The largest absolute Gasteiger partial charge is 0.491 e. The van der Waals surface area contributed by atoms with E-state index in [2.05, 4.69) is 0 Å². The molecule has 0 heterocycles. The molecule has 0 N–H and O–H groups in total. The van der Waals surface area contributed by atoms with E-state index in [4.69, 9.17) is 18.9 Å². The lowest BCUT2D eigenvalue weighted by Crippen LogP contribution is -2.06. The van der Waals surface area contributed by atoms with Crippen molar-refractivity contribution < 1.29 is 28.7 Å². The summed E-state index contributed by atoms with van der Waals surface area (Å²) in [5, 5.41) is 10.2. The Bertz CT molecular complexity index is 808. The van der Waals surface area contributed by atoms with Crippen LogP contribution in [-0.2, 0) is 9.47 Å². The van der Waals surface area contributed by atoms with Crippen molar-refractivity contribution >= 4 is 12.4 Å². The van der Waals surface area contributed by atoms with E-state index >= 15 is 0 Å². The van der Waals surface area contributed by atoms with E-state index in [1.165, 1.54) is 6.08 Å². The molecule has 8 nitrogen and oxygen atoms in total. The molecular weight excluding hydrogens is 402 g/mol. The fourth-order valence-electron chi connectivity index (χ4n) is 2.26. The van der Waals surface area contributed by atoms with Gasteiger partial charge in [-0.3, -0.25) is 14.9 Å². The van der Waals surface area contributed by atoms with Gasteiger partial charge in [-0.25, -0.2) is 0 Å². The Kier molecular flexibility index (Phi) is 13.8. The lowest BCUT2D eigenvalue weighted by Gasteiger charge is -2.06. The summed E-state index contributed by atoms with van der Waals surface area (Å²) in [6.45, 7) is 7.29. The van der Waals surface area contributed by atoms with Gasteiger partial charge in [-0.15, -0.1) is 0 Å². The molecule has 0 amide bonds. The van der Waals surface area contributed by atoms with E-state index in [0.717, 1.165) is 18.0 Å². The molecule has 2 aromatic carbocycles. The first-order valence-electron chi connectivity index (χ1n) is 9.97. The monoisotopic (exact) mass is 431 g/mol. The fourth-order valence-corrected chi connectivity index (χ4v) is 2.26. The molecule has 0 spiro atoms. The third-order valence-electron chi connectivity index (χ3n) is 3.64. The topological polar surface area (TPSA) is 97.1 Å². The van der Waals surface area contributed by atoms with Crippen LogP contribution >= 0.6 is 0 Å². The van der Waals surface area contributed by atoms with Crippen LogP contribution in [0, 0.1) is 10.1 Å². The highest BCUT2D eigenvalue weighted by Gasteiger charge is 1.97. The molecule has 2 rings (SSSR count). The molecule has 0 saturated heterocycles. The summed E-state index contributed by atoms with van der Waals surface area (Å²) < 4.78 is 21.0. The summed E-state index contributed by atoms with van der Waals surface area (Å²) in [6.07, 6.45) is 3.13. The third kappa shape index (κ3) is 12.8. The Balaban J connectivity index is 0.000000316. The number of aldehydes is 1. The average molecular weight is 431 g/mol. The molecule has 0 bridgehead atoms. The highest BCUT2D eigenvalue weighted by atomic mass is 16.6. The maximum atomic E-state index is 10.5. The third-order valence-corrected chi connectivity index (χ3v) is 3.64. The van der Waals surface area contributed by atoms with E-state index < -0.39 is 4.92 Å². The van der Waals surface area contributed by atoms with Crippen molar-refractivity contribution in [2.24, 2.45) is 0 Å². The quantitative estimate of drug-likeness (QED) is 0.202. The van der Waals surface area contributed by atoms with Gasteiger partial charge in [-0.2, -0.15) is 0 Å². The van der Waals surface area contributed by atoms with E-state index in [1.54, 1.807) is 42.5 Å². The van der Waals surface area contributed by atoms with Crippen molar-refractivity contribution in [3.63, 3.8) is 0 Å². The normalized spacial score (nSPS) is 10.3. The van der Waals surface area contributed by atoms with Gasteiger partial charge in [0.2, 0.25) is 6.20 Å². The first-order chi connectivity index (χ1) is 15.1. The Morgan fingerprint density at radius 1 is 0.839 bits per heavy atom. The maximum Gasteiger partial charge on any atom is 0.235 e. The molecule has 0 aromatic heterocycles. The van der Waals surface area contributed by atoms with Crippen LogP contribution < -0.4 is 9.47 Å². The van der Waals surface area contributed by atoms with Crippen molar-refractivity contribution in [2.45, 2.75) is 13.8 Å². The van der Waals surface area contributed by atoms with Crippen LogP contribution in [0.3, 0.4) is 0 Å². The Hall–Kier alpha value is -3.23. The summed E-state index contributed by atoms with van der Waals surface area (Å²) >= 11 is 0. The van der Waals surface area contributed by atoms with Crippen LogP contribution in [0.25, 0.3) is 6.08 Å². The lowest BCUT2D eigenvalue weighted by atomic mass is 10.2. The number of carbonyl (C=O) groups excluding carboxylic acids is 1. The summed E-state index contributed by atoms with van der Waals surface area (Å²) in [4.78, 5) is 20.1. The predicted octanol–water partition coefficient (Wildman–Crippen LogP) is 4.26. The number of nitro groups is 1. The van der Waals surface area contributed by atoms with Gasteiger partial charge >= 0.3 is 0 Å². The highest BCUT2D eigenvalue weighted by molar-refractivity contribution is 5.75. The summed E-state index contributed by atoms with van der Waals surface area (Å²) in [5.74, 6) is 1.38. The standard InChI is InChI=1S/C12H15NO4.C11H14O3/c1-2-16-8-9-17-12-5-3-4-11(10-12)6-7-13(14)15;1-2-13-6-7-14-11-5-3-4-10(8-11)9-12/h3-7,10H,2,8-9H2,1H3;3-5,8-9H,2,6-7H2,1H3/b7-6+;. The van der Waals surface area contributed by atoms with Gasteiger partial charge in [0.1, 0.15) is 31.0 Å². The van der Waals surface area contributed by atoms with Crippen molar-refractivity contribution in [1.82, 2.24) is 0 Å². The molecule has 8 heteroatoms. The van der Waals surface area contributed by atoms with Gasteiger partial charge in [0, 0.05) is 24.9 Å². The number of hydrogen-bond donors (Lipinski definition) is 0. The smallest absolute Gasteiger partial charge is 0.235 e. The number of rotatable bonds is 13. The number of benzene rings is 2. The number of hydrogen-bond acceptors (Lipinski definition) is 7. The second-order valence-corrected chi connectivity index (χ2v) is 5.95. The summed E-state index contributed by atoms with van der Waals surface area (Å²) in [5.41, 5.74) is 1.36. The Morgan fingerprint density at radius 3 is 1.84 bits per heavy atom. The van der Waals surface area contributed by atoms with Gasteiger partial charge in [0.25, 0.3) is 0 Å². The van der Waals surface area contributed by atoms with E-state index in [1.807, 2.05) is 19.9 Å².